The number of ether oxygens (including phenoxy) is 1. The summed E-state index contributed by atoms with van der Waals surface area (Å²) in [6.45, 7) is 8.23. The average molecular weight is 340 g/mol. The number of anilines is 1. The lowest BCUT2D eigenvalue weighted by Crippen LogP contribution is -2.33. The van der Waals surface area contributed by atoms with Crippen LogP contribution in [-0.2, 0) is 19.6 Å². The van der Waals surface area contributed by atoms with E-state index in [4.69, 9.17) is 9.88 Å². The number of nitrogens with two attached hydrogens (primary N) is 1. The summed E-state index contributed by atoms with van der Waals surface area (Å²) in [7, 11) is -3.82. The van der Waals surface area contributed by atoms with Gasteiger partial charge >= 0.3 is 0 Å². The van der Waals surface area contributed by atoms with E-state index in [1.54, 1.807) is 6.92 Å². The van der Waals surface area contributed by atoms with Gasteiger partial charge in [-0.25, -0.2) is 13.6 Å². The quantitative estimate of drug-likeness (QED) is 0.875. The van der Waals surface area contributed by atoms with Crippen molar-refractivity contribution in [1.29, 1.82) is 0 Å². The highest BCUT2D eigenvalue weighted by atomic mass is 32.2. The highest BCUT2D eigenvalue weighted by Crippen LogP contribution is 2.29. The molecule has 1 aliphatic heterocycles. The van der Waals surface area contributed by atoms with Crippen molar-refractivity contribution in [1.82, 2.24) is 0 Å². The molecule has 2 atom stereocenters. The Morgan fingerprint density at radius 2 is 2.00 bits per heavy atom. The van der Waals surface area contributed by atoms with Crippen molar-refractivity contribution in [3.63, 3.8) is 0 Å². The van der Waals surface area contributed by atoms with Crippen molar-refractivity contribution in [2.45, 2.75) is 45.1 Å². The summed E-state index contributed by atoms with van der Waals surface area (Å²) >= 11 is 0. The van der Waals surface area contributed by atoms with E-state index in [2.05, 4.69) is 5.32 Å². The lowest BCUT2D eigenvalue weighted by atomic mass is 9.92. The summed E-state index contributed by atoms with van der Waals surface area (Å²) < 4.78 is 28.8. The van der Waals surface area contributed by atoms with Gasteiger partial charge in [0.15, 0.2) is 0 Å². The van der Waals surface area contributed by atoms with Crippen molar-refractivity contribution < 1.29 is 17.9 Å². The lowest BCUT2D eigenvalue weighted by Gasteiger charge is -2.22. The summed E-state index contributed by atoms with van der Waals surface area (Å²) in [6.07, 6.45) is 0.555. The Hall–Kier alpha value is -1.44. The Morgan fingerprint density at radius 1 is 1.35 bits per heavy atom. The molecule has 3 N–H and O–H groups in total. The molecular weight excluding hydrogens is 316 g/mol. The molecule has 0 saturated carbocycles. The smallest absolute Gasteiger partial charge is 0.238 e. The van der Waals surface area contributed by atoms with E-state index in [0.29, 0.717) is 18.7 Å². The van der Waals surface area contributed by atoms with Gasteiger partial charge in [0.05, 0.1) is 16.9 Å². The molecule has 1 aromatic carbocycles. The molecule has 0 bridgehead atoms. The number of sulfonamides is 1. The van der Waals surface area contributed by atoms with E-state index in [9.17, 15) is 13.2 Å². The van der Waals surface area contributed by atoms with Crippen LogP contribution in [0.25, 0.3) is 0 Å². The first kappa shape index (κ1) is 17.9. The Bertz CT molecular complexity index is 713. The van der Waals surface area contributed by atoms with Crippen LogP contribution < -0.4 is 10.5 Å². The summed E-state index contributed by atoms with van der Waals surface area (Å²) in [6, 6.07) is 2.92. The molecule has 0 spiro atoms. The molecule has 0 aliphatic carbocycles. The van der Waals surface area contributed by atoms with Gasteiger partial charge in [0, 0.05) is 12.3 Å². The standard InChI is InChI=1S/C16H24N2O4S/c1-9(2)15-13(5-6-22-15)16(19)18-14-8-12(23(17,20)21)7-10(3)11(14)4/h7-9,13,15H,5-6H2,1-4H3,(H,18,19)(H2,17,20,21)/t13-,15-/m1/s1. The minimum Gasteiger partial charge on any atom is -0.377 e. The van der Waals surface area contributed by atoms with Crippen molar-refractivity contribution in [3.8, 4) is 0 Å². The minimum absolute atomic E-state index is 0.000943. The fourth-order valence-corrected chi connectivity index (χ4v) is 3.52. The van der Waals surface area contributed by atoms with Crippen LogP contribution in [0.15, 0.2) is 17.0 Å². The number of primary sulfonamides is 1. The minimum atomic E-state index is -3.82. The molecule has 1 amide bonds. The first-order valence-corrected chi connectivity index (χ1v) is 9.22. The van der Waals surface area contributed by atoms with Gasteiger partial charge in [0.1, 0.15) is 0 Å². The third kappa shape index (κ3) is 3.91. The number of amides is 1. The maximum absolute atomic E-state index is 12.6. The van der Waals surface area contributed by atoms with Gasteiger partial charge in [-0.15, -0.1) is 0 Å². The molecule has 1 aromatic rings. The second kappa shape index (κ2) is 6.59. The fraction of sp³-hybridized carbons (Fsp3) is 0.562. The van der Waals surface area contributed by atoms with E-state index in [-0.39, 0.29) is 28.7 Å². The van der Waals surface area contributed by atoms with Gasteiger partial charge in [-0.3, -0.25) is 4.79 Å². The van der Waals surface area contributed by atoms with E-state index in [1.807, 2.05) is 20.8 Å². The predicted molar refractivity (Wildman–Crippen MR) is 88.6 cm³/mol. The second-order valence-corrected chi connectivity index (χ2v) is 7.98. The number of carbonyl (C=O) groups is 1. The van der Waals surface area contributed by atoms with Gasteiger partial charge in [0.25, 0.3) is 0 Å². The highest BCUT2D eigenvalue weighted by molar-refractivity contribution is 7.89. The second-order valence-electron chi connectivity index (χ2n) is 6.42. The summed E-state index contributed by atoms with van der Waals surface area (Å²) in [4.78, 5) is 12.6. The molecule has 0 radical (unpaired) electrons. The molecule has 7 heteroatoms. The van der Waals surface area contributed by atoms with Crippen molar-refractivity contribution in [3.05, 3.63) is 23.3 Å². The zero-order valence-corrected chi connectivity index (χ0v) is 14.7. The topological polar surface area (TPSA) is 98.5 Å². The maximum atomic E-state index is 12.6. The third-order valence-corrected chi connectivity index (χ3v) is 5.25. The maximum Gasteiger partial charge on any atom is 0.238 e. The summed E-state index contributed by atoms with van der Waals surface area (Å²) in [5, 5.41) is 8.05. The number of aryl methyl sites for hydroxylation is 1. The van der Waals surface area contributed by atoms with Crippen molar-refractivity contribution in [2.75, 3.05) is 11.9 Å². The number of hydrogen-bond acceptors (Lipinski definition) is 4. The number of rotatable bonds is 4. The highest BCUT2D eigenvalue weighted by Gasteiger charge is 2.36. The monoisotopic (exact) mass is 340 g/mol. The van der Waals surface area contributed by atoms with E-state index in [0.717, 1.165) is 11.1 Å². The van der Waals surface area contributed by atoms with Crippen LogP contribution in [-0.4, -0.2) is 27.0 Å². The molecular formula is C16H24N2O4S. The third-order valence-electron chi connectivity index (χ3n) is 4.36. The molecule has 23 heavy (non-hydrogen) atoms. The average Bonchev–Trinajstić information content (AvgIpc) is 2.92. The lowest BCUT2D eigenvalue weighted by molar-refractivity contribution is -0.122. The number of nitrogens with one attached hydrogen (secondary N) is 1. The molecule has 1 heterocycles. The van der Waals surface area contributed by atoms with Gasteiger partial charge in [-0.2, -0.15) is 0 Å². The van der Waals surface area contributed by atoms with Crippen LogP contribution in [0.2, 0.25) is 0 Å². The fourth-order valence-electron chi connectivity index (χ4n) is 2.89. The van der Waals surface area contributed by atoms with E-state index in [1.165, 1.54) is 12.1 Å². The first-order valence-electron chi connectivity index (χ1n) is 7.67. The largest absolute Gasteiger partial charge is 0.377 e. The molecule has 1 aliphatic rings. The van der Waals surface area contributed by atoms with E-state index < -0.39 is 10.0 Å². The van der Waals surface area contributed by atoms with Crippen molar-refractivity contribution >= 4 is 21.6 Å². The predicted octanol–water partition coefficient (Wildman–Crippen LogP) is 1.95. The van der Waals surface area contributed by atoms with Crippen LogP contribution in [0.4, 0.5) is 5.69 Å². The Balaban J connectivity index is 2.29. The Morgan fingerprint density at radius 3 is 2.57 bits per heavy atom. The molecule has 0 aromatic heterocycles. The Kier molecular flexibility index (Phi) is 5.13. The zero-order valence-electron chi connectivity index (χ0n) is 13.9. The molecule has 1 saturated heterocycles. The van der Waals surface area contributed by atoms with Crippen LogP contribution in [0.5, 0.6) is 0 Å². The Labute approximate surface area is 137 Å². The van der Waals surface area contributed by atoms with Crippen LogP contribution >= 0.6 is 0 Å². The van der Waals surface area contributed by atoms with Gasteiger partial charge in [0.2, 0.25) is 15.9 Å². The molecule has 6 nitrogen and oxygen atoms in total. The molecule has 1 fully saturated rings. The van der Waals surface area contributed by atoms with Gasteiger partial charge < -0.3 is 10.1 Å². The van der Waals surface area contributed by atoms with Crippen molar-refractivity contribution in [2.24, 2.45) is 17.0 Å². The molecule has 2 rings (SSSR count). The van der Waals surface area contributed by atoms with Crippen LogP contribution in [0.3, 0.4) is 0 Å². The number of benzene rings is 1. The molecule has 0 unspecified atom stereocenters. The number of carbonyl (C=O) groups excluding carboxylic acids is 1. The number of hydrogen-bond donors (Lipinski definition) is 2. The van der Waals surface area contributed by atoms with Crippen LogP contribution in [0, 0.1) is 25.7 Å². The van der Waals surface area contributed by atoms with E-state index >= 15 is 0 Å². The van der Waals surface area contributed by atoms with Crippen LogP contribution in [0.1, 0.15) is 31.4 Å². The van der Waals surface area contributed by atoms with Gasteiger partial charge in [-0.05, 0) is 49.4 Å². The summed E-state index contributed by atoms with van der Waals surface area (Å²) in [5.74, 6) is -0.130. The molecule has 128 valence electrons. The SMILES string of the molecule is Cc1cc(S(N)(=O)=O)cc(NC(=O)[C@@H]2CCO[C@@H]2C(C)C)c1C. The normalized spacial score (nSPS) is 21.7. The first-order chi connectivity index (χ1) is 10.6. The zero-order chi connectivity index (χ0) is 17.4. The van der Waals surface area contributed by atoms with Gasteiger partial charge in [-0.1, -0.05) is 13.8 Å². The summed E-state index contributed by atoms with van der Waals surface area (Å²) in [5.41, 5.74) is 2.06.